The summed E-state index contributed by atoms with van der Waals surface area (Å²) in [6.07, 6.45) is 3.48. The molecule has 6 nitrogen and oxygen atoms in total. The number of anilines is 1. The Morgan fingerprint density at radius 2 is 1.71 bits per heavy atom. The molecule has 0 saturated carbocycles. The Hall–Kier alpha value is -3.48. The molecule has 2 aromatic carbocycles. The molecule has 0 saturated heterocycles. The molecule has 4 rings (SSSR count). The monoisotopic (exact) mass is 461 g/mol. The van der Waals surface area contributed by atoms with Gasteiger partial charge in [-0.15, -0.1) is 0 Å². The molecule has 0 fully saturated rings. The number of nitrogen functional groups attached to an aromatic ring is 1. The van der Waals surface area contributed by atoms with Crippen molar-refractivity contribution in [2.45, 2.75) is 59.0 Å². The van der Waals surface area contributed by atoms with Crippen molar-refractivity contribution in [1.82, 2.24) is 19.9 Å². The maximum absolute atomic E-state index is 14.2. The van der Waals surface area contributed by atoms with Gasteiger partial charge in [-0.05, 0) is 49.4 Å². The first kappa shape index (κ1) is 23.7. The minimum absolute atomic E-state index is 0.0101. The summed E-state index contributed by atoms with van der Waals surface area (Å²) < 4.78 is 16.0. The number of carbonyl (C=O) groups is 1. The van der Waals surface area contributed by atoms with Gasteiger partial charge in [0.05, 0.1) is 11.0 Å². The minimum Gasteiger partial charge on any atom is -0.384 e. The van der Waals surface area contributed by atoms with Gasteiger partial charge in [0, 0.05) is 12.6 Å². The number of carbonyl (C=O) groups excluding carboxylic acids is 1. The van der Waals surface area contributed by atoms with Gasteiger partial charge >= 0.3 is 0 Å². The highest BCUT2D eigenvalue weighted by molar-refractivity contribution is 6.10. The average Bonchev–Trinajstić information content (AvgIpc) is 3.06. The lowest BCUT2D eigenvalue weighted by molar-refractivity contribution is 0.0940. The van der Waals surface area contributed by atoms with E-state index in [-0.39, 0.29) is 17.8 Å². The van der Waals surface area contributed by atoms with Gasteiger partial charge in [-0.2, -0.15) is 0 Å². The lowest BCUT2D eigenvalue weighted by Gasteiger charge is -2.14. The van der Waals surface area contributed by atoms with Crippen molar-refractivity contribution in [2.75, 3.05) is 5.73 Å². The summed E-state index contributed by atoms with van der Waals surface area (Å²) >= 11 is 0. The van der Waals surface area contributed by atoms with Gasteiger partial charge in [0.1, 0.15) is 22.7 Å². The predicted molar refractivity (Wildman–Crippen MR) is 135 cm³/mol. The largest absolute Gasteiger partial charge is 0.384 e. The fourth-order valence-electron chi connectivity index (χ4n) is 4.30. The van der Waals surface area contributed by atoms with E-state index in [0.29, 0.717) is 58.0 Å². The van der Waals surface area contributed by atoms with E-state index in [1.165, 1.54) is 6.07 Å². The zero-order chi connectivity index (χ0) is 24.2. The predicted octanol–water partition coefficient (Wildman–Crippen LogP) is 5.49. The fourth-order valence-corrected chi connectivity index (χ4v) is 4.30. The molecule has 2 heterocycles. The Balaban J connectivity index is 1.69. The molecule has 34 heavy (non-hydrogen) atoms. The number of rotatable bonds is 9. The Morgan fingerprint density at radius 1 is 1.03 bits per heavy atom. The fraction of sp³-hybridized carbons (Fsp3) is 0.370. The van der Waals surface area contributed by atoms with E-state index in [2.05, 4.69) is 19.2 Å². The molecule has 2 aromatic heterocycles. The summed E-state index contributed by atoms with van der Waals surface area (Å²) in [6.45, 7) is 6.78. The van der Waals surface area contributed by atoms with Crippen LogP contribution in [0.25, 0.3) is 22.2 Å². The maximum Gasteiger partial charge on any atom is 0.257 e. The molecule has 3 N–H and O–H groups in total. The van der Waals surface area contributed by atoms with Crippen LogP contribution in [-0.4, -0.2) is 26.5 Å². The summed E-state index contributed by atoms with van der Waals surface area (Å²) in [5, 5.41) is 3.09. The SMILES string of the molecule is CC(C)CCC[C@@H](C)NC(=O)c1c(N)n(CCc2ccccc2F)c2nc3ccccc3nc12. The second-order valence-corrected chi connectivity index (χ2v) is 9.34. The topological polar surface area (TPSA) is 85.8 Å². The van der Waals surface area contributed by atoms with Crippen molar-refractivity contribution in [3.63, 3.8) is 0 Å². The standard InChI is InChI=1S/C27H32FN5O/c1-17(2)9-8-10-18(3)30-27(34)23-24-26(32-22-14-7-6-13-21(22)31-24)33(25(23)29)16-15-19-11-4-5-12-20(19)28/h4-7,11-14,17-18H,8-10,15-16,29H2,1-3H3,(H,30,34)/t18-/m1/s1. The number of hydrogen-bond donors (Lipinski definition) is 2. The number of hydrogen-bond acceptors (Lipinski definition) is 4. The summed E-state index contributed by atoms with van der Waals surface area (Å²) in [5.74, 6) is 0.416. The van der Waals surface area contributed by atoms with Crippen LogP contribution in [0.4, 0.5) is 10.2 Å². The van der Waals surface area contributed by atoms with Gasteiger partial charge in [-0.25, -0.2) is 14.4 Å². The van der Waals surface area contributed by atoms with Gasteiger partial charge in [-0.3, -0.25) is 4.79 Å². The molecule has 0 aliphatic rings. The molecule has 0 bridgehead atoms. The molecule has 7 heteroatoms. The average molecular weight is 462 g/mol. The first-order chi connectivity index (χ1) is 16.3. The van der Waals surface area contributed by atoms with E-state index >= 15 is 0 Å². The number of amides is 1. The highest BCUT2D eigenvalue weighted by atomic mass is 19.1. The second kappa shape index (κ2) is 10.2. The Morgan fingerprint density at radius 3 is 2.41 bits per heavy atom. The Bertz CT molecular complexity index is 1310. The number of benzene rings is 2. The number of nitrogens with two attached hydrogens (primary N) is 1. The highest BCUT2D eigenvalue weighted by Gasteiger charge is 2.25. The van der Waals surface area contributed by atoms with Crippen LogP contribution in [0.1, 0.15) is 56.0 Å². The smallest absolute Gasteiger partial charge is 0.257 e. The van der Waals surface area contributed by atoms with Crippen LogP contribution in [-0.2, 0) is 13.0 Å². The lowest BCUT2D eigenvalue weighted by Crippen LogP contribution is -2.33. The molecule has 1 amide bonds. The van der Waals surface area contributed by atoms with Crippen molar-refractivity contribution < 1.29 is 9.18 Å². The third-order valence-electron chi connectivity index (χ3n) is 6.18. The number of nitrogens with zero attached hydrogens (tertiary/aromatic N) is 3. The molecular weight excluding hydrogens is 429 g/mol. The Kier molecular flexibility index (Phi) is 7.10. The molecular formula is C27H32FN5O. The van der Waals surface area contributed by atoms with Crippen molar-refractivity contribution >= 4 is 33.9 Å². The van der Waals surface area contributed by atoms with Crippen LogP contribution in [0.15, 0.2) is 48.5 Å². The molecule has 178 valence electrons. The zero-order valence-electron chi connectivity index (χ0n) is 20.0. The Labute approximate surface area is 199 Å². The van der Waals surface area contributed by atoms with Crippen LogP contribution in [0.5, 0.6) is 0 Å². The highest BCUT2D eigenvalue weighted by Crippen LogP contribution is 2.28. The summed E-state index contributed by atoms with van der Waals surface area (Å²) in [6, 6.07) is 14.2. The van der Waals surface area contributed by atoms with Crippen molar-refractivity contribution in [3.05, 3.63) is 65.5 Å². The van der Waals surface area contributed by atoms with Gasteiger partial charge in [-0.1, -0.05) is 57.0 Å². The van der Waals surface area contributed by atoms with E-state index in [9.17, 15) is 9.18 Å². The maximum atomic E-state index is 14.2. The quantitative estimate of drug-likeness (QED) is 0.345. The molecule has 0 aliphatic carbocycles. The number of para-hydroxylation sites is 2. The molecule has 0 unspecified atom stereocenters. The first-order valence-electron chi connectivity index (χ1n) is 11.9. The van der Waals surface area contributed by atoms with E-state index in [1.54, 1.807) is 16.7 Å². The van der Waals surface area contributed by atoms with Crippen LogP contribution in [0.2, 0.25) is 0 Å². The number of halogens is 1. The number of nitrogens with one attached hydrogen (secondary N) is 1. The molecule has 4 aromatic rings. The molecule has 0 spiro atoms. The summed E-state index contributed by atoms with van der Waals surface area (Å²) in [5.41, 5.74) is 9.85. The third-order valence-corrected chi connectivity index (χ3v) is 6.18. The van der Waals surface area contributed by atoms with Crippen LogP contribution < -0.4 is 11.1 Å². The summed E-state index contributed by atoms with van der Waals surface area (Å²) in [4.78, 5) is 22.9. The van der Waals surface area contributed by atoms with E-state index < -0.39 is 0 Å². The lowest BCUT2D eigenvalue weighted by atomic mass is 10.0. The normalized spacial score (nSPS) is 12.5. The number of aryl methyl sites for hydroxylation is 2. The molecule has 0 radical (unpaired) electrons. The van der Waals surface area contributed by atoms with Crippen LogP contribution in [0, 0.1) is 11.7 Å². The molecule has 0 aliphatic heterocycles. The minimum atomic E-state index is -0.262. The van der Waals surface area contributed by atoms with Crippen LogP contribution >= 0.6 is 0 Å². The van der Waals surface area contributed by atoms with Crippen molar-refractivity contribution in [3.8, 4) is 0 Å². The second-order valence-electron chi connectivity index (χ2n) is 9.34. The van der Waals surface area contributed by atoms with Crippen molar-refractivity contribution in [2.24, 2.45) is 5.92 Å². The van der Waals surface area contributed by atoms with E-state index in [4.69, 9.17) is 15.7 Å². The first-order valence-corrected chi connectivity index (χ1v) is 11.9. The van der Waals surface area contributed by atoms with Gasteiger partial charge in [0.25, 0.3) is 5.91 Å². The van der Waals surface area contributed by atoms with E-state index in [0.717, 1.165) is 19.3 Å². The number of aromatic nitrogens is 3. The van der Waals surface area contributed by atoms with E-state index in [1.807, 2.05) is 37.3 Å². The number of fused-ring (bicyclic) bond motifs is 2. The van der Waals surface area contributed by atoms with Gasteiger partial charge in [0.2, 0.25) is 0 Å². The van der Waals surface area contributed by atoms with Crippen molar-refractivity contribution in [1.29, 1.82) is 0 Å². The third kappa shape index (κ3) is 5.03. The zero-order valence-corrected chi connectivity index (χ0v) is 20.0. The van der Waals surface area contributed by atoms with Crippen LogP contribution in [0.3, 0.4) is 0 Å². The van der Waals surface area contributed by atoms with Gasteiger partial charge < -0.3 is 15.6 Å². The van der Waals surface area contributed by atoms with Gasteiger partial charge in [0.15, 0.2) is 5.65 Å². The molecule has 1 atom stereocenters. The summed E-state index contributed by atoms with van der Waals surface area (Å²) in [7, 11) is 0.